The molecule has 0 aromatic heterocycles. The summed E-state index contributed by atoms with van der Waals surface area (Å²) in [7, 11) is 6.28. The van der Waals surface area contributed by atoms with Crippen LogP contribution in [0.4, 0.5) is 5.69 Å². The average Bonchev–Trinajstić information content (AvgIpc) is 2.17. The highest BCUT2D eigenvalue weighted by Gasteiger charge is 2.14. The summed E-state index contributed by atoms with van der Waals surface area (Å²) in [6.45, 7) is 0. The average molecular weight is 188 g/mol. The van der Waals surface area contributed by atoms with Gasteiger partial charge in [0.2, 0.25) is 0 Å². The third-order valence-corrected chi connectivity index (χ3v) is 2.66. The van der Waals surface area contributed by atoms with Crippen LogP contribution in [-0.2, 0) is 6.42 Å². The van der Waals surface area contributed by atoms with Crippen molar-refractivity contribution in [1.82, 2.24) is 4.90 Å². The number of hydrogen-bond acceptors (Lipinski definition) is 2. The number of benzene rings is 1. The minimum Gasteiger partial charge on any atom is -0.380 e. The van der Waals surface area contributed by atoms with Crippen LogP contribution in [0.3, 0.4) is 0 Å². The van der Waals surface area contributed by atoms with Crippen LogP contribution in [0.1, 0.15) is 5.56 Å². The number of hydrogen-bond donors (Lipinski definition) is 0. The lowest BCUT2D eigenvalue weighted by molar-refractivity contribution is 0.493. The largest absolute Gasteiger partial charge is 0.380 e. The van der Waals surface area contributed by atoms with Crippen molar-refractivity contribution in [3.8, 4) is 0 Å². The third kappa shape index (κ3) is 1.48. The Morgan fingerprint density at radius 3 is 2.64 bits per heavy atom. The van der Waals surface area contributed by atoms with E-state index in [9.17, 15) is 0 Å². The monoisotopic (exact) mass is 188 g/mol. The minimum absolute atomic E-state index is 1.04. The van der Waals surface area contributed by atoms with Crippen molar-refractivity contribution in [2.45, 2.75) is 6.42 Å². The van der Waals surface area contributed by atoms with Crippen LogP contribution in [0.15, 0.2) is 36.2 Å². The van der Waals surface area contributed by atoms with Crippen LogP contribution < -0.4 is 4.90 Å². The minimum atomic E-state index is 1.04. The normalized spacial score (nSPS) is 14.8. The summed E-state index contributed by atoms with van der Waals surface area (Å²) in [5.41, 5.74) is 4.07. The number of anilines is 1. The van der Waals surface area contributed by atoms with E-state index in [0.717, 1.165) is 6.42 Å². The molecular weight excluding hydrogens is 172 g/mol. The maximum atomic E-state index is 2.20. The van der Waals surface area contributed by atoms with Crippen LogP contribution in [-0.4, -0.2) is 26.0 Å². The van der Waals surface area contributed by atoms with E-state index >= 15 is 0 Å². The predicted octanol–water partition coefficient (Wildman–Crippen LogP) is 2.08. The summed E-state index contributed by atoms with van der Waals surface area (Å²) in [4.78, 5) is 4.36. The fourth-order valence-electron chi connectivity index (χ4n) is 1.81. The third-order valence-electron chi connectivity index (χ3n) is 2.66. The summed E-state index contributed by atoms with van der Waals surface area (Å²) in [5, 5.41) is 0. The van der Waals surface area contributed by atoms with Crippen LogP contribution in [0.5, 0.6) is 0 Å². The molecule has 0 amide bonds. The molecule has 0 radical (unpaired) electrons. The smallest absolute Gasteiger partial charge is 0.0440 e. The molecule has 0 saturated heterocycles. The quantitative estimate of drug-likeness (QED) is 0.665. The zero-order valence-electron chi connectivity index (χ0n) is 8.99. The maximum absolute atomic E-state index is 2.20. The second-order valence-corrected chi connectivity index (χ2v) is 3.93. The van der Waals surface area contributed by atoms with Gasteiger partial charge in [-0.1, -0.05) is 18.2 Å². The van der Waals surface area contributed by atoms with E-state index in [-0.39, 0.29) is 0 Å². The van der Waals surface area contributed by atoms with Crippen molar-refractivity contribution in [2.75, 3.05) is 26.0 Å². The molecule has 1 heterocycles. The predicted molar refractivity (Wildman–Crippen MR) is 60.3 cm³/mol. The fraction of sp³-hybridized carbons (Fsp3) is 0.333. The zero-order chi connectivity index (χ0) is 10.1. The summed E-state index contributed by atoms with van der Waals surface area (Å²) >= 11 is 0. The van der Waals surface area contributed by atoms with E-state index in [1.54, 1.807) is 0 Å². The van der Waals surface area contributed by atoms with Crippen molar-refractivity contribution in [2.24, 2.45) is 0 Å². The maximum Gasteiger partial charge on any atom is 0.0440 e. The second-order valence-electron chi connectivity index (χ2n) is 3.93. The van der Waals surface area contributed by atoms with Gasteiger partial charge in [-0.3, -0.25) is 0 Å². The number of fused-ring (bicyclic) bond motifs is 1. The molecule has 0 atom stereocenters. The number of allylic oxidation sites excluding steroid dienone is 1. The molecule has 0 bridgehead atoms. The molecule has 2 nitrogen and oxygen atoms in total. The van der Waals surface area contributed by atoms with Crippen molar-refractivity contribution < 1.29 is 0 Å². The Morgan fingerprint density at radius 1 is 1.21 bits per heavy atom. The molecule has 0 unspecified atom stereocenters. The highest BCUT2D eigenvalue weighted by molar-refractivity contribution is 5.59. The first kappa shape index (κ1) is 9.13. The second kappa shape index (κ2) is 3.37. The molecule has 74 valence electrons. The van der Waals surface area contributed by atoms with Gasteiger partial charge in [0.25, 0.3) is 0 Å². The molecule has 0 saturated carbocycles. The first-order valence-corrected chi connectivity index (χ1v) is 4.87. The summed E-state index contributed by atoms with van der Waals surface area (Å²) in [6.07, 6.45) is 3.23. The first-order chi connectivity index (χ1) is 6.68. The highest BCUT2D eigenvalue weighted by atomic mass is 15.1. The molecule has 14 heavy (non-hydrogen) atoms. The molecule has 2 rings (SSSR count). The number of nitrogens with zero attached hydrogens (tertiary/aromatic N) is 2. The van der Waals surface area contributed by atoms with E-state index in [2.05, 4.69) is 61.4 Å². The Kier molecular flexibility index (Phi) is 2.20. The zero-order valence-corrected chi connectivity index (χ0v) is 8.99. The first-order valence-electron chi connectivity index (χ1n) is 4.87. The standard InChI is InChI=1S/C12H16N2/c1-13(2)11-8-10-6-4-5-7-12(10)14(3)9-11/h4-7,9H,8H2,1-3H3. The van der Waals surface area contributed by atoms with Crippen molar-refractivity contribution >= 4 is 5.69 Å². The number of rotatable bonds is 1. The van der Waals surface area contributed by atoms with E-state index in [0.29, 0.717) is 0 Å². The number of likely N-dealkylation sites (N-methyl/N-ethyl adjacent to an activating group) is 1. The SMILES string of the molecule is CN(C)C1=CN(C)c2ccccc2C1. The van der Waals surface area contributed by atoms with Gasteiger partial charge in [-0.05, 0) is 11.6 Å². The Balaban J connectivity index is 2.38. The van der Waals surface area contributed by atoms with E-state index in [1.165, 1.54) is 16.9 Å². The molecule has 1 aliphatic heterocycles. The Morgan fingerprint density at radius 2 is 1.93 bits per heavy atom. The van der Waals surface area contributed by atoms with Crippen LogP contribution in [0, 0.1) is 0 Å². The molecule has 1 aromatic rings. The van der Waals surface area contributed by atoms with Gasteiger partial charge < -0.3 is 9.80 Å². The Hall–Kier alpha value is -1.44. The van der Waals surface area contributed by atoms with E-state index < -0.39 is 0 Å². The van der Waals surface area contributed by atoms with Gasteiger partial charge in [0, 0.05) is 45.1 Å². The summed E-state index contributed by atoms with van der Waals surface area (Å²) in [6, 6.07) is 8.55. The van der Waals surface area contributed by atoms with Crippen LogP contribution >= 0.6 is 0 Å². The number of para-hydroxylation sites is 1. The van der Waals surface area contributed by atoms with Gasteiger partial charge in [-0.2, -0.15) is 0 Å². The topological polar surface area (TPSA) is 6.48 Å². The fourth-order valence-corrected chi connectivity index (χ4v) is 1.81. The van der Waals surface area contributed by atoms with Gasteiger partial charge in [0.05, 0.1) is 0 Å². The van der Waals surface area contributed by atoms with Gasteiger partial charge in [0.1, 0.15) is 0 Å². The van der Waals surface area contributed by atoms with Gasteiger partial charge >= 0.3 is 0 Å². The lowest BCUT2D eigenvalue weighted by Crippen LogP contribution is -2.23. The Labute approximate surface area is 85.4 Å². The van der Waals surface area contributed by atoms with Gasteiger partial charge in [0.15, 0.2) is 0 Å². The van der Waals surface area contributed by atoms with Crippen LogP contribution in [0.2, 0.25) is 0 Å². The highest BCUT2D eigenvalue weighted by Crippen LogP contribution is 2.27. The van der Waals surface area contributed by atoms with Crippen molar-refractivity contribution in [1.29, 1.82) is 0 Å². The molecule has 2 heteroatoms. The molecule has 0 N–H and O–H groups in total. The Bertz CT molecular complexity index is 366. The van der Waals surface area contributed by atoms with Crippen molar-refractivity contribution in [3.63, 3.8) is 0 Å². The summed E-state index contributed by atoms with van der Waals surface area (Å²) in [5.74, 6) is 0. The van der Waals surface area contributed by atoms with Gasteiger partial charge in [-0.15, -0.1) is 0 Å². The van der Waals surface area contributed by atoms with Gasteiger partial charge in [-0.25, -0.2) is 0 Å². The van der Waals surface area contributed by atoms with E-state index in [1.807, 2.05) is 0 Å². The summed E-state index contributed by atoms with van der Waals surface area (Å²) < 4.78 is 0. The van der Waals surface area contributed by atoms with Crippen molar-refractivity contribution in [3.05, 3.63) is 41.7 Å². The lowest BCUT2D eigenvalue weighted by Gasteiger charge is -2.29. The lowest BCUT2D eigenvalue weighted by atomic mass is 10.0. The molecule has 0 aliphatic carbocycles. The van der Waals surface area contributed by atoms with E-state index in [4.69, 9.17) is 0 Å². The molecule has 0 fully saturated rings. The molecule has 1 aliphatic rings. The molecular formula is C12H16N2. The molecule has 0 spiro atoms. The van der Waals surface area contributed by atoms with Crippen LogP contribution in [0.25, 0.3) is 0 Å². The molecule has 1 aromatic carbocycles.